The van der Waals surface area contributed by atoms with Crippen LogP contribution < -0.4 is 10.6 Å². The highest BCUT2D eigenvalue weighted by Gasteiger charge is 2.16. The summed E-state index contributed by atoms with van der Waals surface area (Å²) in [5.41, 5.74) is 3.06. The van der Waals surface area contributed by atoms with Crippen molar-refractivity contribution in [2.75, 3.05) is 37.3 Å². The first-order chi connectivity index (χ1) is 9.54. The Morgan fingerprint density at radius 2 is 2.05 bits per heavy atom. The van der Waals surface area contributed by atoms with E-state index in [9.17, 15) is 4.79 Å². The quantitative estimate of drug-likeness (QED) is 0.888. The monoisotopic (exact) mass is 275 g/mol. The Morgan fingerprint density at radius 3 is 2.70 bits per heavy atom. The second kappa shape index (κ2) is 6.75. The average molecular weight is 275 g/mol. The Bertz CT molecular complexity index is 465. The lowest BCUT2D eigenvalue weighted by Crippen LogP contribution is -2.32. The van der Waals surface area contributed by atoms with Gasteiger partial charge < -0.3 is 15.5 Å². The summed E-state index contributed by atoms with van der Waals surface area (Å²) in [5.74, 6) is 0.720. The number of nitrogens with zero attached hydrogens (tertiary/aromatic N) is 1. The van der Waals surface area contributed by atoms with E-state index < -0.39 is 0 Å². The zero-order valence-electron chi connectivity index (χ0n) is 12.7. The third-order valence-corrected chi connectivity index (χ3v) is 3.98. The summed E-state index contributed by atoms with van der Waals surface area (Å²) in [5, 5.41) is 6.37. The molecule has 4 nitrogen and oxygen atoms in total. The van der Waals surface area contributed by atoms with E-state index in [0.717, 1.165) is 29.4 Å². The van der Waals surface area contributed by atoms with Crippen LogP contribution in [0.3, 0.4) is 0 Å². The van der Waals surface area contributed by atoms with E-state index in [4.69, 9.17) is 0 Å². The smallest absolute Gasteiger partial charge is 0.221 e. The second-order valence-electron chi connectivity index (χ2n) is 5.84. The Hall–Kier alpha value is -1.55. The molecule has 1 aliphatic heterocycles. The second-order valence-corrected chi connectivity index (χ2v) is 5.84. The van der Waals surface area contributed by atoms with Gasteiger partial charge in [0.15, 0.2) is 0 Å². The fourth-order valence-electron chi connectivity index (χ4n) is 2.58. The van der Waals surface area contributed by atoms with E-state index in [0.29, 0.717) is 0 Å². The van der Waals surface area contributed by atoms with Gasteiger partial charge in [-0.15, -0.1) is 0 Å². The summed E-state index contributed by atoms with van der Waals surface area (Å²) in [7, 11) is 2.18. The third-order valence-electron chi connectivity index (χ3n) is 3.98. The van der Waals surface area contributed by atoms with Crippen LogP contribution >= 0.6 is 0 Å². The largest absolute Gasteiger partial charge is 0.385 e. The van der Waals surface area contributed by atoms with Crippen LogP contribution in [-0.4, -0.2) is 37.5 Å². The molecule has 1 aliphatic rings. The van der Waals surface area contributed by atoms with Crippen molar-refractivity contribution >= 4 is 17.3 Å². The van der Waals surface area contributed by atoms with Gasteiger partial charge in [0.2, 0.25) is 5.91 Å². The summed E-state index contributed by atoms with van der Waals surface area (Å²) in [6.45, 7) is 6.94. The van der Waals surface area contributed by atoms with Crippen LogP contribution in [0.15, 0.2) is 18.2 Å². The van der Waals surface area contributed by atoms with Crippen molar-refractivity contribution in [3.05, 3.63) is 23.8 Å². The van der Waals surface area contributed by atoms with Crippen molar-refractivity contribution in [3.8, 4) is 0 Å². The molecule has 1 heterocycles. The highest BCUT2D eigenvalue weighted by Crippen LogP contribution is 2.22. The number of rotatable bonds is 4. The predicted octanol–water partition coefficient (Wildman–Crippen LogP) is 2.71. The van der Waals surface area contributed by atoms with Gasteiger partial charge in [0.05, 0.1) is 0 Å². The molecular weight excluding hydrogens is 250 g/mol. The molecule has 0 saturated carbocycles. The molecule has 0 aliphatic carbocycles. The van der Waals surface area contributed by atoms with E-state index in [1.165, 1.54) is 32.9 Å². The maximum absolute atomic E-state index is 11.2. The van der Waals surface area contributed by atoms with Gasteiger partial charge in [-0.1, -0.05) is 6.07 Å². The standard InChI is InChI=1S/C16H25N3O/c1-12-4-5-15(10-16(12)18-13(2)20)17-11-14-6-8-19(3)9-7-14/h4-5,10,14,17H,6-9,11H2,1-3H3,(H,18,20). The first-order valence-corrected chi connectivity index (χ1v) is 7.35. The molecule has 1 saturated heterocycles. The van der Waals surface area contributed by atoms with Gasteiger partial charge in [0.1, 0.15) is 0 Å². The van der Waals surface area contributed by atoms with Gasteiger partial charge in [-0.3, -0.25) is 4.79 Å². The molecule has 20 heavy (non-hydrogen) atoms. The molecule has 0 bridgehead atoms. The van der Waals surface area contributed by atoms with Crippen molar-refractivity contribution < 1.29 is 4.79 Å². The summed E-state index contributed by atoms with van der Waals surface area (Å²) in [6.07, 6.45) is 2.52. The molecule has 1 aromatic carbocycles. The fraction of sp³-hybridized carbons (Fsp3) is 0.562. The number of carbonyl (C=O) groups is 1. The molecule has 110 valence electrons. The zero-order valence-corrected chi connectivity index (χ0v) is 12.7. The molecule has 2 N–H and O–H groups in total. The molecule has 2 rings (SSSR count). The molecular formula is C16H25N3O. The van der Waals surface area contributed by atoms with Crippen molar-refractivity contribution in [2.45, 2.75) is 26.7 Å². The number of likely N-dealkylation sites (tertiary alicyclic amines) is 1. The molecule has 1 aromatic rings. The van der Waals surface area contributed by atoms with Crippen molar-refractivity contribution in [1.82, 2.24) is 4.90 Å². The number of hydrogen-bond donors (Lipinski definition) is 2. The lowest BCUT2D eigenvalue weighted by molar-refractivity contribution is -0.114. The van der Waals surface area contributed by atoms with Crippen molar-refractivity contribution in [3.63, 3.8) is 0 Å². The minimum atomic E-state index is -0.0273. The molecule has 1 fully saturated rings. The Kier molecular flexibility index (Phi) is 5.01. The normalized spacial score (nSPS) is 16.9. The first kappa shape index (κ1) is 14.9. The van der Waals surface area contributed by atoms with Gasteiger partial charge in [0, 0.05) is 24.8 Å². The van der Waals surface area contributed by atoms with Crippen molar-refractivity contribution in [2.24, 2.45) is 5.92 Å². The molecule has 4 heteroatoms. The average Bonchev–Trinajstić information content (AvgIpc) is 2.41. The Morgan fingerprint density at radius 1 is 1.35 bits per heavy atom. The van der Waals surface area contributed by atoms with Crippen LogP contribution in [0.5, 0.6) is 0 Å². The molecule has 0 spiro atoms. The number of carbonyl (C=O) groups excluding carboxylic acids is 1. The lowest BCUT2D eigenvalue weighted by Gasteiger charge is -2.29. The van der Waals surface area contributed by atoms with Gasteiger partial charge in [-0.25, -0.2) is 0 Å². The number of anilines is 2. The van der Waals surface area contributed by atoms with Crippen molar-refractivity contribution in [1.29, 1.82) is 0 Å². The van der Waals surface area contributed by atoms with E-state index in [1.54, 1.807) is 0 Å². The van der Waals surface area contributed by atoms with Gasteiger partial charge in [0.25, 0.3) is 0 Å². The fourth-order valence-corrected chi connectivity index (χ4v) is 2.58. The molecule has 0 radical (unpaired) electrons. The van der Waals surface area contributed by atoms with E-state index in [1.807, 2.05) is 19.1 Å². The summed E-state index contributed by atoms with van der Waals surface area (Å²) >= 11 is 0. The SMILES string of the molecule is CC(=O)Nc1cc(NCC2CCN(C)CC2)ccc1C. The van der Waals surface area contributed by atoms with Crippen LogP contribution in [0.4, 0.5) is 11.4 Å². The summed E-state index contributed by atoms with van der Waals surface area (Å²) in [4.78, 5) is 13.6. The topological polar surface area (TPSA) is 44.4 Å². The van der Waals surface area contributed by atoms with E-state index >= 15 is 0 Å². The number of aryl methyl sites for hydroxylation is 1. The van der Waals surface area contributed by atoms with E-state index in [-0.39, 0.29) is 5.91 Å². The Balaban J connectivity index is 1.91. The third kappa shape index (κ3) is 4.23. The number of piperidine rings is 1. The van der Waals surface area contributed by atoms with Crippen LogP contribution in [0.25, 0.3) is 0 Å². The number of benzene rings is 1. The summed E-state index contributed by atoms with van der Waals surface area (Å²) < 4.78 is 0. The lowest BCUT2D eigenvalue weighted by atomic mass is 9.97. The van der Waals surface area contributed by atoms with Gasteiger partial charge in [-0.2, -0.15) is 0 Å². The molecule has 0 atom stereocenters. The summed E-state index contributed by atoms with van der Waals surface area (Å²) in [6, 6.07) is 6.14. The van der Waals surface area contributed by atoms with Crippen LogP contribution in [-0.2, 0) is 4.79 Å². The number of nitrogens with one attached hydrogen (secondary N) is 2. The van der Waals surface area contributed by atoms with Gasteiger partial charge >= 0.3 is 0 Å². The van der Waals surface area contributed by atoms with Gasteiger partial charge in [-0.05, 0) is 63.5 Å². The minimum absolute atomic E-state index is 0.0273. The maximum atomic E-state index is 11.2. The van der Waals surface area contributed by atoms with E-state index in [2.05, 4.69) is 28.6 Å². The molecule has 0 unspecified atom stereocenters. The highest BCUT2D eigenvalue weighted by atomic mass is 16.1. The Labute approximate surface area is 121 Å². The first-order valence-electron chi connectivity index (χ1n) is 7.35. The molecule has 0 aromatic heterocycles. The van der Waals surface area contributed by atoms with Crippen LogP contribution in [0.2, 0.25) is 0 Å². The number of hydrogen-bond acceptors (Lipinski definition) is 3. The minimum Gasteiger partial charge on any atom is -0.385 e. The highest BCUT2D eigenvalue weighted by molar-refractivity contribution is 5.90. The zero-order chi connectivity index (χ0) is 14.5. The maximum Gasteiger partial charge on any atom is 0.221 e. The van der Waals surface area contributed by atoms with Crippen LogP contribution in [0.1, 0.15) is 25.3 Å². The molecule has 1 amide bonds. The number of amides is 1. The van der Waals surface area contributed by atoms with Crippen LogP contribution in [0, 0.1) is 12.8 Å². The predicted molar refractivity (Wildman–Crippen MR) is 84.2 cm³/mol.